The zero-order chi connectivity index (χ0) is 23.5. The Kier molecular flexibility index (Phi) is 17.1. The molecule has 2 unspecified atom stereocenters. The van der Waals surface area contributed by atoms with Crippen molar-refractivity contribution in [2.45, 2.75) is 162 Å². The number of carbonyl (C=O) groups is 1. The van der Waals surface area contributed by atoms with Crippen molar-refractivity contribution in [3.8, 4) is 0 Å². The minimum atomic E-state index is -0.407. The van der Waals surface area contributed by atoms with Crippen LogP contribution in [0, 0.1) is 11.8 Å². The number of ether oxygens (including phenoxy) is 2. The zero-order valence-electron chi connectivity index (χ0n) is 22.2. The fraction of sp³-hybridized carbons (Fsp3) is 0.966. The molecule has 0 aromatic heterocycles. The maximum absolute atomic E-state index is 12.9. The van der Waals surface area contributed by atoms with Gasteiger partial charge < -0.3 is 9.47 Å². The molecule has 0 aromatic rings. The van der Waals surface area contributed by atoms with Gasteiger partial charge in [-0.3, -0.25) is 0 Å². The standard InChI is InChI=1S/C29H56O3/c1-5-9-20-26(7-3)24-29(25-27(8-4)21-10-6-2)22-18-16-14-12-11-13-15-17-19-23-31-28(30)32-29/h26-27H,5-25H2,1-4H3. The second-order valence-corrected chi connectivity index (χ2v) is 10.6. The fourth-order valence-corrected chi connectivity index (χ4v) is 5.51. The van der Waals surface area contributed by atoms with Crippen LogP contribution in [0.5, 0.6) is 0 Å². The molecule has 3 heteroatoms. The number of hydrogen-bond donors (Lipinski definition) is 0. The van der Waals surface area contributed by atoms with Crippen LogP contribution in [-0.4, -0.2) is 18.4 Å². The maximum atomic E-state index is 12.9. The summed E-state index contributed by atoms with van der Waals surface area (Å²) in [6.07, 6.45) is 23.6. The van der Waals surface area contributed by atoms with E-state index in [4.69, 9.17) is 9.47 Å². The average Bonchev–Trinajstić information content (AvgIpc) is 2.80. The van der Waals surface area contributed by atoms with E-state index in [0.29, 0.717) is 18.4 Å². The van der Waals surface area contributed by atoms with Gasteiger partial charge in [0.15, 0.2) is 0 Å². The van der Waals surface area contributed by atoms with Gasteiger partial charge in [-0.05, 0) is 43.9 Å². The molecule has 32 heavy (non-hydrogen) atoms. The SMILES string of the molecule is CCCCC(CC)CC1(CC(CC)CCCC)CCCCCCCCCCCOC(=O)O1. The van der Waals surface area contributed by atoms with Crippen LogP contribution < -0.4 is 0 Å². The second-order valence-electron chi connectivity index (χ2n) is 10.6. The van der Waals surface area contributed by atoms with E-state index in [-0.39, 0.29) is 5.60 Å². The summed E-state index contributed by atoms with van der Waals surface area (Å²) in [7, 11) is 0. The molecule has 0 aliphatic carbocycles. The quantitative estimate of drug-likeness (QED) is 0.276. The maximum Gasteiger partial charge on any atom is 0.508 e. The third-order valence-electron chi connectivity index (χ3n) is 7.70. The van der Waals surface area contributed by atoms with Gasteiger partial charge in [0.2, 0.25) is 0 Å². The molecule has 2 atom stereocenters. The average molecular weight is 453 g/mol. The molecule has 0 N–H and O–H groups in total. The summed E-state index contributed by atoms with van der Waals surface area (Å²) in [6.45, 7) is 9.69. The van der Waals surface area contributed by atoms with Crippen LogP contribution in [0.4, 0.5) is 4.79 Å². The lowest BCUT2D eigenvalue weighted by Crippen LogP contribution is -2.40. The number of rotatable bonds is 12. The van der Waals surface area contributed by atoms with Gasteiger partial charge in [0.1, 0.15) is 5.60 Å². The first-order valence-electron chi connectivity index (χ1n) is 14.4. The van der Waals surface area contributed by atoms with Gasteiger partial charge in [0.25, 0.3) is 0 Å². The van der Waals surface area contributed by atoms with E-state index in [2.05, 4.69) is 27.7 Å². The third-order valence-corrected chi connectivity index (χ3v) is 7.70. The minimum absolute atomic E-state index is 0.347. The van der Waals surface area contributed by atoms with Crippen molar-refractivity contribution in [3.05, 3.63) is 0 Å². The van der Waals surface area contributed by atoms with Gasteiger partial charge >= 0.3 is 6.16 Å². The summed E-state index contributed by atoms with van der Waals surface area (Å²) < 4.78 is 12.0. The van der Waals surface area contributed by atoms with E-state index in [1.54, 1.807) is 0 Å². The lowest BCUT2D eigenvalue weighted by molar-refractivity contribution is -0.0688. The van der Waals surface area contributed by atoms with E-state index in [0.717, 1.165) is 32.1 Å². The summed E-state index contributed by atoms with van der Waals surface area (Å²) in [5, 5.41) is 0. The van der Waals surface area contributed by atoms with E-state index in [1.807, 2.05) is 0 Å². The summed E-state index contributed by atoms with van der Waals surface area (Å²) in [5.74, 6) is 1.27. The highest BCUT2D eigenvalue weighted by Crippen LogP contribution is 2.39. The first-order valence-corrected chi connectivity index (χ1v) is 14.4. The lowest BCUT2D eigenvalue weighted by atomic mass is 9.76. The Morgan fingerprint density at radius 2 is 1.19 bits per heavy atom. The van der Waals surface area contributed by atoms with Crippen LogP contribution in [0.3, 0.4) is 0 Å². The van der Waals surface area contributed by atoms with Gasteiger partial charge in [-0.1, -0.05) is 124 Å². The normalized spacial score (nSPS) is 23.9. The fourth-order valence-electron chi connectivity index (χ4n) is 5.51. The molecule has 0 saturated carbocycles. The molecule has 1 heterocycles. The molecule has 0 bridgehead atoms. The Labute approximate surface area is 200 Å². The van der Waals surface area contributed by atoms with E-state index >= 15 is 0 Å². The molecule has 0 spiro atoms. The van der Waals surface area contributed by atoms with Crippen molar-refractivity contribution in [1.82, 2.24) is 0 Å². The number of cyclic esters (lactones) is 2. The van der Waals surface area contributed by atoms with Gasteiger partial charge in [-0.2, -0.15) is 0 Å². The second kappa shape index (κ2) is 18.7. The number of hydrogen-bond acceptors (Lipinski definition) is 3. The monoisotopic (exact) mass is 452 g/mol. The van der Waals surface area contributed by atoms with Crippen LogP contribution in [0.1, 0.15) is 156 Å². The molecule has 1 aliphatic rings. The van der Waals surface area contributed by atoms with Crippen molar-refractivity contribution >= 4 is 6.16 Å². The van der Waals surface area contributed by atoms with Crippen LogP contribution in [0.2, 0.25) is 0 Å². The summed E-state index contributed by atoms with van der Waals surface area (Å²) >= 11 is 0. The Bertz CT molecular complexity index is 430. The number of unbranched alkanes of at least 4 members (excludes halogenated alkanes) is 2. The third kappa shape index (κ3) is 13.1. The van der Waals surface area contributed by atoms with Crippen LogP contribution in [-0.2, 0) is 9.47 Å². The van der Waals surface area contributed by atoms with Crippen molar-refractivity contribution in [2.75, 3.05) is 6.61 Å². The first-order chi connectivity index (χ1) is 15.6. The van der Waals surface area contributed by atoms with E-state index in [1.165, 1.54) is 96.3 Å². The molecular weight excluding hydrogens is 396 g/mol. The van der Waals surface area contributed by atoms with Crippen molar-refractivity contribution < 1.29 is 14.3 Å². The van der Waals surface area contributed by atoms with Crippen molar-refractivity contribution in [3.63, 3.8) is 0 Å². The highest BCUT2D eigenvalue weighted by Gasteiger charge is 2.38. The lowest BCUT2D eigenvalue weighted by Gasteiger charge is -2.39. The summed E-state index contributed by atoms with van der Waals surface area (Å²) in [6, 6.07) is 0. The molecule has 190 valence electrons. The Morgan fingerprint density at radius 1 is 0.719 bits per heavy atom. The molecular formula is C29H56O3. The molecule has 0 radical (unpaired) electrons. The molecule has 1 aliphatic heterocycles. The Hall–Kier alpha value is -0.730. The van der Waals surface area contributed by atoms with Crippen LogP contribution in [0.25, 0.3) is 0 Å². The molecule has 1 fully saturated rings. The predicted octanol–water partition coefficient (Wildman–Crippen LogP) is 10.0. The zero-order valence-corrected chi connectivity index (χ0v) is 22.2. The highest BCUT2D eigenvalue weighted by molar-refractivity contribution is 5.60. The smallest absolute Gasteiger partial charge is 0.434 e. The topological polar surface area (TPSA) is 35.5 Å². The van der Waals surface area contributed by atoms with E-state index < -0.39 is 6.16 Å². The Balaban J connectivity index is 3.04. The molecule has 0 amide bonds. The molecule has 1 rings (SSSR count). The Morgan fingerprint density at radius 3 is 1.66 bits per heavy atom. The predicted molar refractivity (Wildman–Crippen MR) is 137 cm³/mol. The largest absolute Gasteiger partial charge is 0.508 e. The summed E-state index contributed by atoms with van der Waals surface area (Å²) in [5.41, 5.74) is -0.347. The number of carbonyl (C=O) groups excluding carboxylic acids is 1. The minimum Gasteiger partial charge on any atom is -0.434 e. The highest BCUT2D eigenvalue weighted by atomic mass is 16.7. The van der Waals surface area contributed by atoms with Gasteiger partial charge in [-0.15, -0.1) is 0 Å². The summed E-state index contributed by atoms with van der Waals surface area (Å²) in [4.78, 5) is 12.9. The van der Waals surface area contributed by atoms with Crippen LogP contribution >= 0.6 is 0 Å². The molecule has 3 nitrogen and oxygen atoms in total. The van der Waals surface area contributed by atoms with E-state index in [9.17, 15) is 4.79 Å². The van der Waals surface area contributed by atoms with Crippen LogP contribution in [0.15, 0.2) is 0 Å². The first kappa shape index (κ1) is 29.3. The molecule has 1 saturated heterocycles. The van der Waals surface area contributed by atoms with Crippen molar-refractivity contribution in [1.29, 1.82) is 0 Å². The van der Waals surface area contributed by atoms with Gasteiger partial charge in [-0.25, -0.2) is 4.79 Å². The molecule has 0 aromatic carbocycles. The van der Waals surface area contributed by atoms with Crippen molar-refractivity contribution in [2.24, 2.45) is 11.8 Å². The van der Waals surface area contributed by atoms with Gasteiger partial charge in [0, 0.05) is 0 Å². The van der Waals surface area contributed by atoms with Gasteiger partial charge in [0.05, 0.1) is 6.61 Å².